The van der Waals surface area contributed by atoms with Crippen molar-refractivity contribution in [2.45, 2.75) is 92.1 Å². The Kier molecular flexibility index (Phi) is 16.8. The maximum atomic E-state index is 13.6. The first kappa shape index (κ1) is 51.7. The molecule has 15 N–H and O–H groups in total. The van der Waals surface area contributed by atoms with Crippen LogP contribution in [0.25, 0.3) is 28.4 Å². The Balaban J connectivity index is 0.000000259. The first-order valence-corrected chi connectivity index (χ1v) is 20.4. The van der Waals surface area contributed by atoms with Crippen LogP contribution in [0.2, 0.25) is 0 Å². The Morgan fingerprint density at radius 2 is 1.25 bits per heavy atom. The Morgan fingerprint density at radius 3 is 1.90 bits per heavy atom. The molecule has 0 unspecified atom stereocenters. The van der Waals surface area contributed by atoms with Gasteiger partial charge >= 0.3 is 5.97 Å². The molecule has 0 aliphatic carbocycles. The number of carbonyl (C=O) groups excluding carboxylic acids is 1. The van der Waals surface area contributed by atoms with Crippen LogP contribution in [0.3, 0.4) is 0 Å². The van der Waals surface area contributed by atoms with Gasteiger partial charge in [0.25, 0.3) is 0 Å². The molecule has 1 aromatic heterocycles. The zero-order chi connectivity index (χ0) is 49.7. The number of aliphatic hydroxyl groups is 11. The minimum atomic E-state index is -1.95. The third-order valence-electron chi connectivity index (χ3n) is 10.9. The number of ether oxygens (including phenoxy) is 7. The Labute approximate surface area is 382 Å². The maximum absolute atomic E-state index is 13.6. The fraction of sp³-hybridized carbons (Fsp3) is 0.442. The number of hydrogen-bond acceptors (Lipinski definition) is 25. The van der Waals surface area contributed by atoms with Crippen LogP contribution in [0.1, 0.15) is 5.56 Å². The molecule has 25 heteroatoms. The average molecular weight is 967 g/mol. The molecule has 0 bridgehead atoms. The van der Waals surface area contributed by atoms with Gasteiger partial charge in [0, 0.05) is 23.8 Å². The van der Waals surface area contributed by atoms with Gasteiger partial charge in [-0.25, -0.2) is 4.79 Å². The number of benzene rings is 3. The van der Waals surface area contributed by atoms with Crippen molar-refractivity contribution in [2.24, 2.45) is 0 Å². The van der Waals surface area contributed by atoms with Crippen molar-refractivity contribution in [1.82, 2.24) is 0 Å². The monoisotopic (exact) mass is 966 g/mol. The number of phenolic OH excluding ortho intramolecular Hbond substituents is 4. The molecule has 0 spiro atoms. The molecular weight excluding hydrogens is 916 g/mol. The van der Waals surface area contributed by atoms with Crippen molar-refractivity contribution in [1.29, 1.82) is 0 Å². The van der Waals surface area contributed by atoms with E-state index in [1.54, 1.807) is 6.07 Å². The van der Waals surface area contributed by atoms with E-state index in [0.717, 1.165) is 18.2 Å². The molecule has 372 valence electrons. The molecule has 7 rings (SSSR count). The zero-order valence-electron chi connectivity index (χ0n) is 35.4. The lowest BCUT2D eigenvalue weighted by molar-refractivity contribution is -0.323. The molecule has 25 nitrogen and oxygen atoms in total. The van der Waals surface area contributed by atoms with Gasteiger partial charge in [-0.3, -0.25) is 4.79 Å². The van der Waals surface area contributed by atoms with Crippen molar-refractivity contribution in [3.8, 4) is 45.8 Å². The van der Waals surface area contributed by atoms with E-state index in [0.29, 0.717) is 5.56 Å². The fourth-order valence-electron chi connectivity index (χ4n) is 7.08. The molecule has 3 fully saturated rings. The van der Waals surface area contributed by atoms with E-state index < -0.39 is 146 Å². The van der Waals surface area contributed by atoms with Crippen LogP contribution in [0.5, 0.6) is 34.5 Å². The second-order valence-electron chi connectivity index (χ2n) is 15.6. The minimum absolute atomic E-state index is 0.0371. The van der Waals surface area contributed by atoms with Gasteiger partial charge in [-0.1, -0.05) is 6.07 Å². The Morgan fingerprint density at radius 1 is 0.647 bits per heavy atom. The lowest BCUT2D eigenvalue weighted by Crippen LogP contribution is -2.62. The van der Waals surface area contributed by atoms with Gasteiger partial charge < -0.3 is 114 Å². The summed E-state index contributed by atoms with van der Waals surface area (Å²) in [5.74, 6) is -2.61. The van der Waals surface area contributed by atoms with Gasteiger partial charge in [-0.15, -0.1) is 0 Å². The van der Waals surface area contributed by atoms with Crippen LogP contribution in [-0.2, 0) is 28.5 Å². The smallest absolute Gasteiger partial charge is 0.330 e. The molecule has 0 saturated carbocycles. The van der Waals surface area contributed by atoms with Crippen LogP contribution < -0.4 is 14.9 Å². The van der Waals surface area contributed by atoms with Crippen molar-refractivity contribution in [3.05, 3.63) is 76.5 Å². The van der Waals surface area contributed by atoms with E-state index in [1.807, 2.05) is 0 Å². The van der Waals surface area contributed by atoms with Gasteiger partial charge in [0.15, 0.2) is 29.8 Å². The molecule has 3 aromatic carbocycles. The van der Waals surface area contributed by atoms with Crippen LogP contribution in [-0.4, -0.2) is 202 Å². The topological polar surface area (TPSA) is 415 Å². The van der Waals surface area contributed by atoms with Crippen LogP contribution in [0, 0.1) is 0 Å². The number of fused-ring (bicyclic) bond motifs is 1. The SMILES string of the molecule is COc1cc(/C=C/C(=O)OC[C@H]2O[C@@H](O)[C@H](O)[C@@H](O)[C@@H]2O)ccc1O.O=c1c(O[C@@H]2O[C@H](CO[C@@H]3O[C@H](CO)[C@@H](O)[C@H](O)[C@H]3O)[C@@H](O)[C@H](O)[C@H]2O)c(-c2ccc(O)cc2)oc2cc(O)cc(O)c12. The summed E-state index contributed by atoms with van der Waals surface area (Å²) in [6.07, 6.45) is -22.2. The fourth-order valence-corrected chi connectivity index (χ4v) is 7.08. The van der Waals surface area contributed by atoms with Gasteiger partial charge in [0.05, 0.1) is 20.3 Å². The summed E-state index contributed by atoms with van der Waals surface area (Å²) in [6.45, 7) is -1.80. The maximum Gasteiger partial charge on any atom is 0.330 e. The molecule has 4 heterocycles. The molecule has 15 atom stereocenters. The molecular formula is C43H50O25. The third kappa shape index (κ3) is 11.4. The summed E-state index contributed by atoms with van der Waals surface area (Å²) in [5.41, 5.74) is -0.436. The number of carbonyl (C=O) groups is 1. The van der Waals surface area contributed by atoms with Gasteiger partial charge in [-0.2, -0.15) is 0 Å². The molecule has 0 radical (unpaired) electrons. The highest BCUT2D eigenvalue weighted by Gasteiger charge is 2.48. The van der Waals surface area contributed by atoms with Gasteiger partial charge in [0.1, 0.15) is 108 Å². The lowest BCUT2D eigenvalue weighted by Gasteiger charge is -2.42. The molecule has 3 saturated heterocycles. The zero-order valence-corrected chi connectivity index (χ0v) is 35.4. The van der Waals surface area contributed by atoms with Crippen LogP contribution in [0.15, 0.2) is 69.9 Å². The minimum Gasteiger partial charge on any atom is -0.508 e. The number of aliphatic hydroxyl groups excluding tert-OH is 11. The average Bonchev–Trinajstić information content (AvgIpc) is 3.31. The van der Waals surface area contributed by atoms with Crippen molar-refractivity contribution in [3.63, 3.8) is 0 Å². The largest absolute Gasteiger partial charge is 0.508 e. The number of rotatable bonds is 12. The Bertz CT molecular complexity index is 2420. The summed E-state index contributed by atoms with van der Waals surface area (Å²) in [6, 6.07) is 11.7. The van der Waals surface area contributed by atoms with Crippen molar-refractivity contribution >= 4 is 23.0 Å². The van der Waals surface area contributed by atoms with Crippen LogP contribution >= 0.6 is 0 Å². The normalized spacial score (nSPS) is 31.7. The van der Waals surface area contributed by atoms with E-state index in [4.69, 9.17) is 37.6 Å². The summed E-state index contributed by atoms with van der Waals surface area (Å²) >= 11 is 0. The van der Waals surface area contributed by atoms with Crippen molar-refractivity contribution in [2.75, 3.05) is 26.9 Å². The van der Waals surface area contributed by atoms with Crippen LogP contribution in [0.4, 0.5) is 0 Å². The lowest BCUT2D eigenvalue weighted by atomic mass is 9.98. The quantitative estimate of drug-likeness (QED) is 0.0480. The van der Waals surface area contributed by atoms with E-state index in [1.165, 1.54) is 49.6 Å². The van der Waals surface area contributed by atoms with E-state index in [-0.39, 0.29) is 34.2 Å². The Hall–Kier alpha value is -5.72. The second kappa shape index (κ2) is 22.1. The third-order valence-corrected chi connectivity index (χ3v) is 10.9. The first-order chi connectivity index (χ1) is 32.2. The molecule has 0 amide bonds. The van der Waals surface area contributed by atoms with E-state index >= 15 is 0 Å². The van der Waals surface area contributed by atoms with Gasteiger partial charge in [-0.05, 0) is 48.0 Å². The molecule has 4 aromatic rings. The molecule has 3 aliphatic rings. The number of esters is 1. The standard InChI is InChI=1S/C27H30O16.C16H20O9/c28-7-14-17(32)20(35)22(37)26(41-14)39-8-15-18(33)21(36)23(38)27(42-15)43-25-19(34)16-12(31)5-11(30)6-13(16)40-24(25)9-1-3-10(29)4-2-9;1-23-10-6-8(2-4-9(10)17)3-5-12(18)24-7-11-13(19)14(20)15(21)16(22)25-11/h1-6,14-15,17-18,20-23,26-33,35-38H,7-8H2;2-6,11,13-17,19-22H,7H2,1H3/b;5-3+/t14-,15-,17-,18-,20+,21+,22-,23-,26-,27+;11-,13-,14+,15-,16-/m11/s1. The highest BCUT2D eigenvalue weighted by atomic mass is 16.7. The summed E-state index contributed by atoms with van der Waals surface area (Å²) in [5, 5.41) is 148. The number of hydrogen-bond donors (Lipinski definition) is 15. The summed E-state index contributed by atoms with van der Waals surface area (Å²) < 4.78 is 42.5. The first-order valence-electron chi connectivity index (χ1n) is 20.4. The predicted octanol–water partition coefficient (Wildman–Crippen LogP) is -3.66. The second-order valence-corrected chi connectivity index (χ2v) is 15.6. The highest BCUT2D eigenvalue weighted by molar-refractivity contribution is 5.88. The molecule has 68 heavy (non-hydrogen) atoms. The van der Waals surface area contributed by atoms with Crippen molar-refractivity contribution < 1.29 is 119 Å². The molecule has 3 aliphatic heterocycles. The number of methoxy groups -OCH3 is 1. The predicted molar refractivity (Wildman–Crippen MR) is 223 cm³/mol. The highest BCUT2D eigenvalue weighted by Crippen LogP contribution is 2.38. The van der Waals surface area contributed by atoms with E-state index in [2.05, 4.69) is 0 Å². The number of aromatic hydroxyl groups is 4. The summed E-state index contributed by atoms with van der Waals surface area (Å²) in [4.78, 5) is 25.3. The van der Waals surface area contributed by atoms with E-state index in [9.17, 15) is 86.2 Å². The summed E-state index contributed by atoms with van der Waals surface area (Å²) in [7, 11) is 1.39. The van der Waals surface area contributed by atoms with Gasteiger partial charge in [0.2, 0.25) is 17.5 Å². The number of phenols is 4.